The van der Waals surface area contributed by atoms with Crippen molar-refractivity contribution in [3.8, 4) is 0 Å². The molecule has 2 unspecified atom stereocenters. The molecule has 5 heteroatoms. The normalized spacial score (nSPS) is 28.5. The number of fused-ring (bicyclic) bond motifs is 2. The Morgan fingerprint density at radius 1 is 1.13 bits per heavy atom. The predicted octanol–water partition coefficient (Wildman–Crippen LogP) is 1.91. The summed E-state index contributed by atoms with van der Waals surface area (Å²) in [5, 5.41) is 0. The highest BCUT2D eigenvalue weighted by atomic mass is 16.5. The van der Waals surface area contributed by atoms with Crippen LogP contribution in [0.2, 0.25) is 0 Å². The van der Waals surface area contributed by atoms with Crippen LogP contribution >= 0.6 is 0 Å². The topological polar surface area (TPSA) is 69.7 Å². The fourth-order valence-electron chi connectivity index (χ4n) is 3.46. The maximum absolute atomic E-state index is 12.5. The van der Waals surface area contributed by atoms with Crippen molar-refractivity contribution >= 4 is 17.7 Å². The summed E-state index contributed by atoms with van der Waals surface area (Å²) in [5.41, 5.74) is 0.901. The molecule has 4 atom stereocenters. The molecule has 0 aromatic heterocycles. The molecular formula is C18H18O5. The third kappa shape index (κ3) is 2.91. The lowest BCUT2D eigenvalue weighted by atomic mass is 9.70. The van der Waals surface area contributed by atoms with Crippen LogP contribution in [0.25, 0.3) is 0 Å². The van der Waals surface area contributed by atoms with Crippen molar-refractivity contribution in [1.29, 1.82) is 0 Å². The highest BCUT2D eigenvalue weighted by Crippen LogP contribution is 2.44. The number of hydrogen-bond donors (Lipinski definition) is 0. The summed E-state index contributed by atoms with van der Waals surface area (Å²) in [6.07, 6.45) is 3.81. The molecule has 2 aliphatic carbocycles. The molecule has 0 spiro atoms. The van der Waals surface area contributed by atoms with E-state index in [1.54, 1.807) is 6.08 Å². The van der Waals surface area contributed by atoms with Gasteiger partial charge < -0.3 is 9.47 Å². The first-order valence-electron chi connectivity index (χ1n) is 7.61. The second-order valence-corrected chi connectivity index (χ2v) is 5.92. The summed E-state index contributed by atoms with van der Waals surface area (Å²) in [6, 6.07) is 9.40. The molecule has 1 fully saturated rings. The number of ether oxygens (including phenoxy) is 2. The molecular weight excluding hydrogens is 296 g/mol. The lowest BCUT2D eigenvalue weighted by Gasteiger charge is -2.32. The molecule has 0 saturated heterocycles. The van der Waals surface area contributed by atoms with E-state index in [2.05, 4.69) is 0 Å². The first-order chi connectivity index (χ1) is 11.1. The fraction of sp³-hybridized carbons (Fsp3) is 0.389. The minimum absolute atomic E-state index is 0.163. The number of rotatable bonds is 4. The van der Waals surface area contributed by atoms with Crippen LogP contribution in [0.1, 0.15) is 12.0 Å². The minimum Gasteiger partial charge on any atom is -0.468 e. The van der Waals surface area contributed by atoms with E-state index in [0.29, 0.717) is 0 Å². The van der Waals surface area contributed by atoms with Crippen LogP contribution in [0.5, 0.6) is 0 Å². The maximum atomic E-state index is 12.5. The van der Waals surface area contributed by atoms with E-state index >= 15 is 0 Å². The van der Waals surface area contributed by atoms with E-state index < -0.39 is 23.7 Å². The van der Waals surface area contributed by atoms with Gasteiger partial charge in [-0.3, -0.25) is 14.4 Å². The minimum atomic E-state index is -0.899. The van der Waals surface area contributed by atoms with Crippen molar-refractivity contribution in [3.05, 3.63) is 48.0 Å². The average molecular weight is 314 g/mol. The van der Waals surface area contributed by atoms with Gasteiger partial charge in [-0.2, -0.15) is 0 Å². The molecule has 23 heavy (non-hydrogen) atoms. The number of Topliss-reactive ketones (excluding diaryl/α,β-unsaturated/α-hetero) is 1. The van der Waals surface area contributed by atoms with Gasteiger partial charge in [0.25, 0.3) is 0 Å². The third-order valence-electron chi connectivity index (χ3n) is 4.58. The monoisotopic (exact) mass is 314 g/mol. The molecule has 1 aromatic rings. The molecule has 120 valence electrons. The largest absolute Gasteiger partial charge is 0.468 e. The Labute approximate surface area is 134 Å². The maximum Gasteiger partial charge on any atom is 0.316 e. The summed E-state index contributed by atoms with van der Waals surface area (Å²) in [6.45, 7) is 0.187. The van der Waals surface area contributed by atoms with Crippen molar-refractivity contribution < 1.29 is 23.9 Å². The smallest absolute Gasteiger partial charge is 0.316 e. The number of carbonyl (C=O) groups excluding carboxylic acids is 3. The standard InChI is InChI=1S/C18H18O5/c1-22-17(20)16-13-8-7-12(9-14(16)19)15(13)18(21)23-10-11-5-3-2-4-6-11/h2-8,12-13,15-16H,9-10H2,1H3/t12-,13-,15?,16?/m0/s1. The van der Waals surface area contributed by atoms with Crippen LogP contribution in [-0.2, 0) is 30.5 Å². The number of methoxy groups -OCH3 is 1. The van der Waals surface area contributed by atoms with Crippen LogP contribution in [-0.4, -0.2) is 24.8 Å². The Kier molecular flexibility index (Phi) is 4.28. The SMILES string of the molecule is COC(=O)C1C(=O)C[C@@H]2C=C[C@H]1C2C(=O)OCc1ccccc1. The summed E-state index contributed by atoms with van der Waals surface area (Å²) in [5.74, 6) is -3.14. The number of benzene rings is 1. The van der Waals surface area contributed by atoms with E-state index in [4.69, 9.17) is 9.47 Å². The van der Waals surface area contributed by atoms with E-state index in [0.717, 1.165) is 5.56 Å². The lowest BCUT2D eigenvalue weighted by molar-refractivity contribution is -0.161. The number of hydrogen-bond acceptors (Lipinski definition) is 5. The van der Waals surface area contributed by atoms with Gasteiger partial charge >= 0.3 is 11.9 Å². The molecule has 1 saturated carbocycles. The first kappa shape index (κ1) is 15.5. The van der Waals surface area contributed by atoms with E-state index in [1.165, 1.54) is 7.11 Å². The van der Waals surface area contributed by atoms with Gasteiger partial charge in [0.2, 0.25) is 0 Å². The second-order valence-electron chi connectivity index (χ2n) is 5.92. The van der Waals surface area contributed by atoms with Gasteiger partial charge in [0.05, 0.1) is 13.0 Å². The molecule has 0 radical (unpaired) electrons. The summed E-state index contributed by atoms with van der Waals surface area (Å²) >= 11 is 0. The van der Waals surface area contributed by atoms with Crippen LogP contribution in [0.4, 0.5) is 0 Å². The summed E-state index contributed by atoms with van der Waals surface area (Å²) < 4.78 is 10.1. The zero-order valence-electron chi connectivity index (χ0n) is 12.8. The molecule has 2 bridgehead atoms. The van der Waals surface area contributed by atoms with Gasteiger partial charge in [0.1, 0.15) is 18.3 Å². The van der Waals surface area contributed by atoms with Gasteiger partial charge in [-0.1, -0.05) is 42.5 Å². The van der Waals surface area contributed by atoms with E-state index in [9.17, 15) is 14.4 Å². The van der Waals surface area contributed by atoms with Gasteiger partial charge in [0.15, 0.2) is 0 Å². The average Bonchev–Trinajstić information content (AvgIpc) is 2.88. The molecule has 3 rings (SSSR count). The van der Waals surface area contributed by atoms with E-state index in [-0.39, 0.29) is 30.7 Å². The Morgan fingerprint density at radius 2 is 1.87 bits per heavy atom. The molecule has 5 nitrogen and oxygen atoms in total. The Morgan fingerprint density at radius 3 is 2.57 bits per heavy atom. The highest BCUT2D eigenvalue weighted by Gasteiger charge is 2.52. The van der Waals surface area contributed by atoms with Gasteiger partial charge in [-0.15, -0.1) is 0 Å². The van der Waals surface area contributed by atoms with Crippen LogP contribution < -0.4 is 0 Å². The van der Waals surface area contributed by atoms with Crippen molar-refractivity contribution in [1.82, 2.24) is 0 Å². The Hall–Kier alpha value is -2.43. The molecule has 0 amide bonds. The Balaban J connectivity index is 1.71. The van der Waals surface area contributed by atoms with Crippen molar-refractivity contribution in [2.24, 2.45) is 23.7 Å². The molecule has 1 aromatic carbocycles. The van der Waals surface area contributed by atoms with Crippen LogP contribution in [0.3, 0.4) is 0 Å². The van der Waals surface area contributed by atoms with Crippen LogP contribution in [0, 0.1) is 23.7 Å². The van der Waals surface area contributed by atoms with Crippen molar-refractivity contribution in [2.45, 2.75) is 13.0 Å². The number of carbonyl (C=O) groups is 3. The molecule has 2 aliphatic rings. The van der Waals surface area contributed by atoms with Crippen molar-refractivity contribution in [2.75, 3.05) is 7.11 Å². The first-order valence-corrected chi connectivity index (χ1v) is 7.61. The fourth-order valence-corrected chi connectivity index (χ4v) is 3.46. The molecule has 0 heterocycles. The van der Waals surface area contributed by atoms with E-state index in [1.807, 2.05) is 36.4 Å². The Bertz CT molecular complexity index is 649. The zero-order chi connectivity index (χ0) is 16.4. The van der Waals surface area contributed by atoms with Gasteiger partial charge in [0, 0.05) is 12.3 Å². The van der Waals surface area contributed by atoms with Crippen LogP contribution in [0.15, 0.2) is 42.5 Å². The second kappa shape index (κ2) is 6.36. The third-order valence-corrected chi connectivity index (χ3v) is 4.58. The summed E-state index contributed by atoms with van der Waals surface area (Å²) in [7, 11) is 1.25. The highest BCUT2D eigenvalue weighted by molar-refractivity contribution is 6.02. The number of esters is 2. The molecule has 0 N–H and O–H groups in total. The van der Waals surface area contributed by atoms with Crippen molar-refractivity contribution in [3.63, 3.8) is 0 Å². The predicted molar refractivity (Wildman–Crippen MR) is 81.0 cm³/mol. The lowest BCUT2D eigenvalue weighted by Crippen LogP contribution is -2.44. The number of allylic oxidation sites excluding steroid dienone is 2. The van der Waals surface area contributed by atoms with Gasteiger partial charge in [-0.05, 0) is 11.5 Å². The van der Waals surface area contributed by atoms with Gasteiger partial charge in [-0.25, -0.2) is 0 Å². The molecule has 0 aliphatic heterocycles. The quantitative estimate of drug-likeness (QED) is 0.482. The number of ketones is 1. The zero-order valence-corrected chi connectivity index (χ0v) is 12.8. The summed E-state index contributed by atoms with van der Waals surface area (Å²) in [4.78, 5) is 36.5.